The first-order chi connectivity index (χ1) is 7.35. The highest BCUT2D eigenvalue weighted by Crippen LogP contribution is 2.26. The van der Waals surface area contributed by atoms with Crippen molar-refractivity contribution in [2.24, 2.45) is 0 Å². The van der Waals surface area contributed by atoms with Gasteiger partial charge in [-0.2, -0.15) is 0 Å². The number of rotatable bonds is 4. The molecule has 2 rings (SSSR count). The van der Waals surface area contributed by atoms with Crippen LogP contribution in [0.3, 0.4) is 0 Å². The largest absolute Gasteiger partial charge is 0.375 e. The van der Waals surface area contributed by atoms with Crippen LogP contribution in [-0.4, -0.2) is 20.7 Å². The van der Waals surface area contributed by atoms with Gasteiger partial charge in [-0.05, 0) is 43.0 Å². The molecule has 0 bridgehead atoms. The van der Waals surface area contributed by atoms with Gasteiger partial charge in [0.1, 0.15) is 0 Å². The highest BCUT2D eigenvalue weighted by Gasteiger charge is 2.14. The van der Waals surface area contributed by atoms with Crippen LogP contribution >= 0.6 is 0 Å². The molecule has 1 atom stereocenters. The molecule has 82 valence electrons. The average Bonchev–Trinajstić information content (AvgIpc) is 2.72. The Morgan fingerprint density at radius 2 is 2.13 bits per heavy atom. The van der Waals surface area contributed by atoms with Crippen LogP contribution in [0.15, 0.2) is 18.2 Å². The van der Waals surface area contributed by atoms with Crippen molar-refractivity contribution in [3.8, 4) is 0 Å². The molecule has 1 aliphatic carbocycles. The normalized spacial score (nSPS) is 16.4. The van der Waals surface area contributed by atoms with E-state index < -0.39 is 0 Å². The first-order valence-electron chi connectivity index (χ1n) is 5.64. The first kappa shape index (κ1) is 10.7. The Labute approximate surface area is 91.6 Å². The molecule has 0 spiro atoms. The summed E-state index contributed by atoms with van der Waals surface area (Å²) in [6, 6.07) is 6.78. The van der Waals surface area contributed by atoms with E-state index in [0.717, 1.165) is 6.54 Å². The molecule has 0 aromatic heterocycles. The second-order valence-corrected chi connectivity index (χ2v) is 4.16. The van der Waals surface area contributed by atoms with E-state index in [1.165, 1.54) is 36.0 Å². The molecule has 0 saturated carbocycles. The van der Waals surface area contributed by atoms with Gasteiger partial charge in [0.2, 0.25) is 0 Å². The molecule has 1 unspecified atom stereocenters. The number of nitrogens with one attached hydrogen (secondary N) is 1. The van der Waals surface area contributed by atoms with Gasteiger partial charge >= 0.3 is 0 Å². The molecule has 1 aromatic rings. The van der Waals surface area contributed by atoms with Crippen LogP contribution in [-0.2, 0) is 17.6 Å². The summed E-state index contributed by atoms with van der Waals surface area (Å²) in [7, 11) is 3.73. The van der Waals surface area contributed by atoms with E-state index in [2.05, 4.69) is 23.5 Å². The smallest absolute Gasteiger partial charge is 0.0945 e. The molecule has 1 aromatic carbocycles. The van der Waals surface area contributed by atoms with Crippen LogP contribution in [0, 0.1) is 0 Å². The molecule has 0 heterocycles. The third-order valence-corrected chi connectivity index (χ3v) is 3.17. The van der Waals surface area contributed by atoms with Gasteiger partial charge in [0.15, 0.2) is 0 Å². The van der Waals surface area contributed by atoms with E-state index >= 15 is 0 Å². The summed E-state index contributed by atoms with van der Waals surface area (Å²) in [6.07, 6.45) is 3.97. The average molecular weight is 205 g/mol. The number of ether oxygens (including phenoxy) is 1. The predicted octanol–water partition coefficient (Wildman–Crippen LogP) is 2.08. The summed E-state index contributed by atoms with van der Waals surface area (Å²) in [5.41, 5.74) is 4.34. The van der Waals surface area contributed by atoms with Gasteiger partial charge in [0.25, 0.3) is 0 Å². The van der Waals surface area contributed by atoms with Gasteiger partial charge < -0.3 is 10.1 Å². The Hall–Kier alpha value is -0.860. The Balaban J connectivity index is 2.20. The molecule has 1 N–H and O–H groups in total. The molecule has 0 amide bonds. The lowest BCUT2D eigenvalue weighted by atomic mass is 10.0. The van der Waals surface area contributed by atoms with Crippen LogP contribution in [0.4, 0.5) is 0 Å². The van der Waals surface area contributed by atoms with Crippen LogP contribution in [0.25, 0.3) is 0 Å². The fourth-order valence-corrected chi connectivity index (χ4v) is 2.31. The maximum Gasteiger partial charge on any atom is 0.0945 e. The number of methoxy groups -OCH3 is 1. The lowest BCUT2D eigenvalue weighted by Crippen LogP contribution is -2.18. The molecule has 1 aliphatic rings. The van der Waals surface area contributed by atoms with Gasteiger partial charge in [-0.1, -0.05) is 18.2 Å². The lowest BCUT2D eigenvalue weighted by molar-refractivity contribution is 0.104. The molecule has 2 heteroatoms. The maximum absolute atomic E-state index is 5.47. The number of fused-ring (bicyclic) bond motifs is 1. The molecular formula is C13H19NO. The van der Waals surface area contributed by atoms with Gasteiger partial charge in [0, 0.05) is 13.7 Å². The summed E-state index contributed by atoms with van der Waals surface area (Å²) < 4.78 is 5.47. The Morgan fingerprint density at radius 3 is 2.87 bits per heavy atom. The van der Waals surface area contributed by atoms with E-state index in [9.17, 15) is 0 Å². The highest BCUT2D eigenvalue weighted by molar-refractivity contribution is 5.36. The molecule has 2 nitrogen and oxygen atoms in total. The maximum atomic E-state index is 5.47. The number of hydrogen-bond acceptors (Lipinski definition) is 2. The summed E-state index contributed by atoms with van der Waals surface area (Å²) in [5, 5.41) is 3.16. The van der Waals surface area contributed by atoms with Crippen molar-refractivity contribution in [3.05, 3.63) is 34.9 Å². The minimum Gasteiger partial charge on any atom is -0.375 e. The van der Waals surface area contributed by atoms with E-state index in [1.807, 2.05) is 7.05 Å². The zero-order valence-electron chi connectivity index (χ0n) is 9.55. The lowest BCUT2D eigenvalue weighted by Gasteiger charge is -2.16. The number of likely N-dealkylation sites (N-methyl/N-ethyl adjacent to an activating group) is 1. The fraction of sp³-hybridized carbons (Fsp3) is 0.538. The molecule has 0 fully saturated rings. The summed E-state index contributed by atoms with van der Waals surface area (Å²) in [6.45, 7) is 0.870. The second-order valence-electron chi connectivity index (χ2n) is 4.16. The van der Waals surface area contributed by atoms with Crippen molar-refractivity contribution in [1.29, 1.82) is 0 Å². The third kappa shape index (κ3) is 2.21. The molecule has 0 aliphatic heterocycles. The minimum absolute atomic E-state index is 0.181. The molecule has 0 radical (unpaired) electrons. The van der Waals surface area contributed by atoms with Crippen molar-refractivity contribution in [2.75, 3.05) is 20.7 Å². The van der Waals surface area contributed by atoms with Crippen molar-refractivity contribution < 1.29 is 4.74 Å². The van der Waals surface area contributed by atoms with Crippen molar-refractivity contribution >= 4 is 0 Å². The predicted molar refractivity (Wildman–Crippen MR) is 62.1 cm³/mol. The van der Waals surface area contributed by atoms with Crippen molar-refractivity contribution in [3.63, 3.8) is 0 Å². The molecule has 0 saturated heterocycles. The minimum atomic E-state index is 0.181. The number of aryl methyl sites for hydroxylation is 2. The van der Waals surface area contributed by atoms with Crippen LogP contribution in [0.1, 0.15) is 29.2 Å². The van der Waals surface area contributed by atoms with Gasteiger partial charge in [-0.25, -0.2) is 0 Å². The summed E-state index contributed by atoms with van der Waals surface area (Å²) in [5.74, 6) is 0. The zero-order valence-corrected chi connectivity index (χ0v) is 9.55. The molecule has 15 heavy (non-hydrogen) atoms. The van der Waals surface area contributed by atoms with Crippen molar-refractivity contribution in [1.82, 2.24) is 5.32 Å². The van der Waals surface area contributed by atoms with Gasteiger partial charge in [0.05, 0.1) is 6.10 Å². The van der Waals surface area contributed by atoms with E-state index in [0.29, 0.717) is 0 Å². The topological polar surface area (TPSA) is 21.3 Å². The summed E-state index contributed by atoms with van der Waals surface area (Å²) in [4.78, 5) is 0. The van der Waals surface area contributed by atoms with Crippen molar-refractivity contribution in [2.45, 2.75) is 25.4 Å². The summed E-state index contributed by atoms with van der Waals surface area (Å²) >= 11 is 0. The van der Waals surface area contributed by atoms with Gasteiger partial charge in [-0.15, -0.1) is 0 Å². The van der Waals surface area contributed by atoms with E-state index in [1.54, 1.807) is 7.11 Å². The second kappa shape index (κ2) is 4.77. The zero-order chi connectivity index (χ0) is 10.7. The Morgan fingerprint density at radius 1 is 1.33 bits per heavy atom. The van der Waals surface area contributed by atoms with Crippen LogP contribution in [0.2, 0.25) is 0 Å². The van der Waals surface area contributed by atoms with E-state index in [4.69, 9.17) is 4.74 Å². The molecular weight excluding hydrogens is 186 g/mol. The van der Waals surface area contributed by atoms with Crippen LogP contribution in [0.5, 0.6) is 0 Å². The Bertz CT molecular complexity index is 335. The Kier molecular flexibility index (Phi) is 3.39. The first-order valence-corrected chi connectivity index (χ1v) is 5.64. The number of hydrogen-bond donors (Lipinski definition) is 1. The monoisotopic (exact) mass is 205 g/mol. The standard InChI is InChI=1S/C13H19NO/c1-14-9-13(15-2)12-7-6-10-4-3-5-11(10)8-12/h6-8,13-14H,3-5,9H2,1-2H3. The quantitative estimate of drug-likeness (QED) is 0.812. The SMILES string of the molecule is CNCC(OC)c1ccc2c(c1)CCC2. The third-order valence-electron chi connectivity index (χ3n) is 3.17. The van der Waals surface area contributed by atoms with Crippen LogP contribution < -0.4 is 5.32 Å². The highest BCUT2D eigenvalue weighted by atomic mass is 16.5. The van der Waals surface area contributed by atoms with E-state index in [-0.39, 0.29) is 6.10 Å². The van der Waals surface area contributed by atoms with Gasteiger partial charge in [-0.3, -0.25) is 0 Å². The fourth-order valence-electron chi connectivity index (χ4n) is 2.31. The number of benzene rings is 1.